The zero-order valence-corrected chi connectivity index (χ0v) is 10.3. The van der Waals surface area contributed by atoms with Gasteiger partial charge < -0.3 is 10.5 Å². The molecule has 1 rings (SSSR count). The predicted octanol–water partition coefficient (Wildman–Crippen LogP) is 3.14. The number of benzene rings is 1. The molecule has 0 heterocycles. The molecule has 1 atom stereocenters. The number of hydrogen-bond acceptors (Lipinski definition) is 2. The molecule has 0 fully saturated rings. The van der Waals surface area contributed by atoms with Crippen LogP contribution in [0.15, 0.2) is 22.7 Å². The van der Waals surface area contributed by atoms with Crippen LogP contribution in [0.4, 0.5) is 0 Å². The van der Waals surface area contributed by atoms with Gasteiger partial charge in [-0.2, -0.15) is 0 Å². The molecule has 0 aliphatic carbocycles. The van der Waals surface area contributed by atoms with Crippen LogP contribution in [0.25, 0.3) is 0 Å². The highest BCUT2D eigenvalue weighted by Gasteiger charge is 2.12. The lowest BCUT2D eigenvalue weighted by Gasteiger charge is -2.16. The highest BCUT2D eigenvalue weighted by Crippen LogP contribution is 2.27. The smallest absolute Gasteiger partial charge is 0.0961 e. The number of hydrogen-bond donors (Lipinski definition) is 1. The molecule has 1 unspecified atom stereocenters. The maximum atomic E-state index is 6.07. The second-order valence-electron chi connectivity index (χ2n) is 2.85. The van der Waals surface area contributed by atoms with Crippen molar-refractivity contribution in [3.05, 3.63) is 33.3 Å². The monoisotopic (exact) mass is 277 g/mol. The van der Waals surface area contributed by atoms with Crippen LogP contribution < -0.4 is 5.73 Å². The number of nitrogens with two attached hydrogens (primary N) is 1. The minimum Gasteiger partial charge on any atom is -0.372 e. The average Bonchev–Trinajstić information content (AvgIpc) is 2.15. The van der Waals surface area contributed by atoms with E-state index < -0.39 is 0 Å². The van der Waals surface area contributed by atoms with E-state index >= 15 is 0 Å². The average molecular weight is 279 g/mol. The van der Waals surface area contributed by atoms with Crippen LogP contribution in [0.2, 0.25) is 5.02 Å². The first-order valence-electron chi connectivity index (χ1n) is 4.45. The Hall–Kier alpha value is -0.0900. The second kappa shape index (κ2) is 5.71. The maximum absolute atomic E-state index is 6.07. The lowest BCUT2D eigenvalue weighted by molar-refractivity contribution is 0.0689. The summed E-state index contributed by atoms with van der Waals surface area (Å²) in [5.41, 5.74) is 6.55. The Morgan fingerprint density at radius 3 is 2.79 bits per heavy atom. The van der Waals surface area contributed by atoms with Crippen LogP contribution >= 0.6 is 27.5 Å². The molecule has 1 aromatic rings. The summed E-state index contributed by atoms with van der Waals surface area (Å²) >= 11 is 9.42. The summed E-state index contributed by atoms with van der Waals surface area (Å²) in [5.74, 6) is 0. The van der Waals surface area contributed by atoms with Gasteiger partial charge in [-0.3, -0.25) is 0 Å². The van der Waals surface area contributed by atoms with Crippen molar-refractivity contribution in [3.8, 4) is 0 Å². The van der Waals surface area contributed by atoms with Crippen molar-refractivity contribution in [2.45, 2.75) is 13.0 Å². The molecule has 1 aromatic carbocycles. The van der Waals surface area contributed by atoms with Crippen LogP contribution in [0.1, 0.15) is 18.6 Å². The van der Waals surface area contributed by atoms with Crippen molar-refractivity contribution in [2.24, 2.45) is 5.73 Å². The summed E-state index contributed by atoms with van der Waals surface area (Å²) in [7, 11) is 0. The van der Waals surface area contributed by atoms with Gasteiger partial charge in [-0.15, -0.1) is 0 Å². The number of rotatable bonds is 4. The molecule has 14 heavy (non-hydrogen) atoms. The summed E-state index contributed by atoms with van der Waals surface area (Å²) in [4.78, 5) is 0. The second-order valence-corrected chi connectivity index (χ2v) is 4.17. The first-order valence-corrected chi connectivity index (χ1v) is 5.62. The fraction of sp³-hybridized carbons (Fsp3) is 0.400. The Morgan fingerprint density at radius 2 is 2.29 bits per heavy atom. The van der Waals surface area contributed by atoms with E-state index in [0.717, 1.165) is 10.0 Å². The van der Waals surface area contributed by atoms with Crippen molar-refractivity contribution in [1.29, 1.82) is 0 Å². The molecule has 2 nitrogen and oxygen atoms in total. The Morgan fingerprint density at radius 1 is 1.57 bits per heavy atom. The van der Waals surface area contributed by atoms with E-state index in [1.807, 2.05) is 25.1 Å². The van der Waals surface area contributed by atoms with E-state index in [4.69, 9.17) is 22.1 Å². The van der Waals surface area contributed by atoms with Gasteiger partial charge in [0.15, 0.2) is 0 Å². The van der Waals surface area contributed by atoms with Gasteiger partial charge in [-0.05, 0) is 19.1 Å². The first-order chi connectivity index (χ1) is 6.69. The van der Waals surface area contributed by atoms with Gasteiger partial charge in [0.05, 0.1) is 6.10 Å². The van der Waals surface area contributed by atoms with E-state index in [-0.39, 0.29) is 6.10 Å². The molecule has 0 spiro atoms. The van der Waals surface area contributed by atoms with Crippen LogP contribution in [0.5, 0.6) is 0 Å². The zero-order chi connectivity index (χ0) is 10.6. The van der Waals surface area contributed by atoms with Gasteiger partial charge in [0.2, 0.25) is 0 Å². The summed E-state index contributed by atoms with van der Waals surface area (Å²) in [6.07, 6.45) is -0.111. The molecule has 0 amide bonds. The van der Waals surface area contributed by atoms with E-state index in [1.54, 1.807) is 0 Å². The van der Waals surface area contributed by atoms with E-state index in [1.165, 1.54) is 0 Å². The molecule has 0 aromatic heterocycles. The molecular weight excluding hydrogens is 265 g/mol. The highest BCUT2D eigenvalue weighted by atomic mass is 79.9. The third kappa shape index (κ3) is 2.95. The molecule has 4 heteroatoms. The summed E-state index contributed by atoms with van der Waals surface area (Å²) < 4.78 is 6.43. The molecule has 0 aliphatic rings. The van der Waals surface area contributed by atoms with E-state index in [9.17, 15) is 0 Å². The Kier molecular flexibility index (Phi) is 4.89. The standard InChI is InChI=1S/C10H13BrClNO/c1-2-14-10(6-13)8-4-3-7(11)5-9(8)12/h3-5,10H,2,6,13H2,1H3. The van der Waals surface area contributed by atoms with Crippen molar-refractivity contribution in [1.82, 2.24) is 0 Å². The Labute approximate surface area is 97.5 Å². The quantitative estimate of drug-likeness (QED) is 0.918. The number of halogens is 2. The summed E-state index contributed by atoms with van der Waals surface area (Å²) in [6, 6.07) is 5.71. The molecule has 0 aliphatic heterocycles. The highest BCUT2D eigenvalue weighted by molar-refractivity contribution is 9.10. The molecular formula is C10H13BrClNO. The van der Waals surface area contributed by atoms with Gasteiger partial charge in [0.1, 0.15) is 0 Å². The minimum absolute atomic E-state index is 0.111. The van der Waals surface area contributed by atoms with Gasteiger partial charge >= 0.3 is 0 Å². The topological polar surface area (TPSA) is 35.2 Å². The molecule has 0 radical (unpaired) electrons. The lowest BCUT2D eigenvalue weighted by Crippen LogP contribution is -2.16. The van der Waals surface area contributed by atoms with Gasteiger partial charge in [-0.25, -0.2) is 0 Å². The maximum Gasteiger partial charge on any atom is 0.0961 e. The van der Waals surface area contributed by atoms with E-state index in [0.29, 0.717) is 18.2 Å². The lowest BCUT2D eigenvalue weighted by atomic mass is 10.1. The SMILES string of the molecule is CCOC(CN)c1ccc(Br)cc1Cl. The van der Waals surface area contributed by atoms with E-state index in [2.05, 4.69) is 15.9 Å². The Bertz CT molecular complexity index is 306. The van der Waals surface area contributed by atoms with Crippen molar-refractivity contribution >= 4 is 27.5 Å². The van der Waals surface area contributed by atoms with Crippen LogP contribution in [-0.4, -0.2) is 13.2 Å². The van der Waals surface area contributed by atoms with Crippen LogP contribution in [-0.2, 0) is 4.74 Å². The zero-order valence-electron chi connectivity index (χ0n) is 7.97. The van der Waals surface area contributed by atoms with Gasteiger partial charge in [0, 0.05) is 28.2 Å². The Balaban J connectivity index is 2.92. The molecule has 78 valence electrons. The molecule has 0 saturated heterocycles. The van der Waals surface area contributed by atoms with Crippen molar-refractivity contribution < 1.29 is 4.74 Å². The van der Waals surface area contributed by atoms with Gasteiger partial charge in [0.25, 0.3) is 0 Å². The molecule has 2 N–H and O–H groups in total. The fourth-order valence-electron chi connectivity index (χ4n) is 1.25. The normalized spacial score (nSPS) is 12.9. The third-order valence-electron chi connectivity index (χ3n) is 1.89. The molecule has 0 saturated carbocycles. The summed E-state index contributed by atoms with van der Waals surface area (Å²) in [5, 5.41) is 0.684. The van der Waals surface area contributed by atoms with Gasteiger partial charge in [-0.1, -0.05) is 33.6 Å². The number of ether oxygens (including phenoxy) is 1. The molecule has 0 bridgehead atoms. The third-order valence-corrected chi connectivity index (χ3v) is 2.71. The minimum atomic E-state index is -0.111. The fourth-order valence-corrected chi connectivity index (χ4v) is 2.04. The van der Waals surface area contributed by atoms with Crippen LogP contribution in [0, 0.1) is 0 Å². The predicted molar refractivity (Wildman–Crippen MR) is 62.6 cm³/mol. The largest absolute Gasteiger partial charge is 0.372 e. The van der Waals surface area contributed by atoms with Crippen molar-refractivity contribution in [3.63, 3.8) is 0 Å². The first kappa shape index (κ1) is 12.0. The summed E-state index contributed by atoms with van der Waals surface area (Å²) in [6.45, 7) is 3.01. The van der Waals surface area contributed by atoms with Crippen LogP contribution in [0.3, 0.4) is 0 Å². The van der Waals surface area contributed by atoms with Crippen molar-refractivity contribution in [2.75, 3.05) is 13.2 Å².